The van der Waals surface area contributed by atoms with E-state index in [1.54, 1.807) is 0 Å². The van der Waals surface area contributed by atoms with Gasteiger partial charge in [-0.15, -0.1) is 11.3 Å². The van der Waals surface area contributed by atoms with Crippen molar-refractivity contribution in [3.8, 4) is 0 Å². The standard InChI is InChI=1S/C20H17F3N2O4S/c21-20(22,23)12-4-1-3-11(9-12)7-8-16(27)29-10-15(26)25-19-17(18(24)28)13-5-2-6-14(13)30-19/h1,3-4,7-9H,2,5-6,10H2,(H2,24,28)(H,25,26). The average Bonchev–Trinajstić information content (AvgIpc) is 3.24. The SMILES string of the molecule is NC(=O)c1c(NC(=O)COC(=O)C=Cc2cccc(C(F)(F)F)c2)sc2c1CCC2. The molecule has 0 radical (unpaired) electrons. The largest absolute Gasteiger partial charge is 0.452 e. The number of amides is 2. The maximum atomic E-state index is 12.7. The van der Waals surface area contributed by atoms with Crippen molar-refractivity contribution in [2.75, 3.05) is 11.9 Å². The summed E-state index contributed by atoms with van der Waals surface area (Å²) in [4.78, 5) is 36.5. The number of nitrogens with two attached hydrogens (primary N) is 1. The molecule has 0 unspecified atom stereocenters. The number of benzene rings is 1. The van der Waals surface area contributed by atoms with Gasteiger partial charge in [-0.05, 0) is 48.6 Å². The van der Waals surface area contributed by atoms with Gasteiger partial charge in [0.05, 0.1) is 11.1 Å². The molecule has 158 valence electrons. The van der Waals surface area contributed by atoms with Gasteiger partial charge in [0.1, 0.15) is 5.00 Å². The first kappa shape index (κ1) is 21.6. The predicted molar refractivity (Wildman–Crippen MR) is 105 cm³/mol. The fourth-order valence-corrected chi connectivity index (χ4v) is 4.39. The Bertz CT molecular complexity index is 1030. The van der Waals surface area contributed by atoms with Crippen LogP contribution in [0.25, 0.3) is 6.08 Å². The highest BCUT2D eigenvalue weighted by atomic mass is 32.1. The van der Waals surface area contributed by atoms with E-state index in [2.05, 4.69) is 5.32 Å². The van der Waals surface area contributed by atoms with Gasteiger partial charge in [0.25, 0.3) is 11.8 Å². The van der Waals surface area contributed by atoms with E-state index in [9.17, 15) is 27.6 Å². The molecule has 0 bridgehead atoms. The summed E-state index contributed by atoms with van der Waals surface area (Å²) in [6, 6.07) is 4.42. The van der Waals surface area contributed by atoms with Crippen LogP contribution in [0.3, 0.4) is 0 Å². The van der Waals surface area contributed by atoms with Crippen LogP contribution in [0.2, 0.25) is 0 Å². The van der Waals surface area contributed by atoms with Crippen molar-refractivity contribution in [3.63, 3.8) is 0 Å². The number of hydrogen-bond acceptors (Lipinski definition) is 5. The highest BCUT2D eigenvalue weighted by Crippen LogP contribution is 2.38. The Kier molecular flexibility index (Phi) is 6.25. The summed E-state index contributed by atoms with van der Waals surface area (Å²) in [5, 5.41) is 2.85. The third kappa shape index (κ3) is 5.07. The number of halogens is 3. The number of esters is 1. The Labute approximate surface area is 173 Å². The second kappa shape index (κ2) is 8.70. The minimum Gasteiger partial charge on any atom is -0.452 e. The number of hydrogen-bond donors (Lipinski definition) is 2. The van der Waals surface area contributed by atoms with Crippen LogP contribution >= 0.6 is 11.3 Å². The first-order chi connectivity index (χ1) is 14.1. The van der Waals surface area contributed by atoms with E-state index in [1.807, 2.05) is 0 Å². The van der Waals surface area contributed by atoms with Crippen LogP contribution in [0.4, 0.5) is 18.2 Å². The zero-order chi connectivity index (χ0) is 21.9. The molecule has 1 aromatic carbocycles. The fraction of sp³-hybridized carbons (Fsp3) is 0.250. The van der Waals surface area contributed by atoms with Gasteiger partial charge in [-0.25, -0.2) is 4.79 Å². The summed E-state index contributed by atoms with van der Waals surface area (Å²) < 4.78 is 42.9. The molecule has 1 aromatic heterocycles. The van der Waals surface area contributed by atoms with Crippen LogP contribution in [-0.2, 0) is 33.3 Å². The topological polar surface area (TPSA) is 98.5 Å². The number of primary amides is 1. The highest BCUT2D eigenvalue weighted by molar-refractivity contribution is 7.17. The summed E-state index contributed by atoms with van der Waals surface area (Å²) in [6.45, 7) is -0.619. The van der Waals surface area contributed by atoms with Gasteiger partial charge in [0, 0.05) is 11.0 Å². The number of nitrogens with one attached hydrogen (secondary N) is 1. The molecule has 1 aliphatic carbocycles. The first-order valence-electron chi connectivity index (χ1n) is 8.91. The minimum atomic E-state index is -4.49. The third-order valence-corrected chi connectivity index (χ3v) is 5.60. The van der Waals surface area contributed by atoms with Gasteiger partial charge in [-0.2, -0.15) is 13.2 Å². The summed E-state index contributed by atoms with van der Waals surface area (Å²) in [5.74, 6) is -2.18. The summed E-state index contributed by atoms with van der Waals surface area (Å²) in [7, 11) is 0. The molecule has 0 atom stereocenters. The lowest BCUT2D eigenvalue weighted by Gasteiger charge is -2.07. The molecule has 0 saturated carbocycles. The van der Waals surface area contributed by atoms with E-state index < -0.39 is 36.1 Å². The number of ether oxygens (including phenoxy) is 1. The Morgan fingerprint density at radius 1 is 1.23 bits per heavy atom. The number of anilines is 1. The number of fused-ring (bicyclic) bond motifs is 1. The Balaban J connectivity index is 1.56. The van der Waals surface area contributed by atoms with Crippen molar-refractivity contribution in [1.29, 1.82) is 0 Å². The molecular weight excluding hydrogens is 421 g/mol. The quantitative estimate of drug-likeness (QED) is 0.532. The first-order valence-corrected chi connectivity index (χ1v) is 9.73. The van der Waals surface area contributed by atoms with Crippen molar-refractivity contribution in [2.45, 2.75) is 25.4 Å². The summed E-state index contributed by atoms with van der Waals surface area (Å²) in [6.07, 6.45) is 0.0439. The third-order valence-electron chi connectivity index (χ3n) is 4.39. The average molecular weight is 438 g/mol. The number of alkyl halides is 3. The van der Waals surface area contributed by atoms with Crippen LogP contribution in [0.1, 0.15) is 38.3 Å². The lowest BCUT2D eigenvalue weighted by molar-refractivity contribution is -0.142. The fourth-order valence-electron chi connectivity index (χ4n) is 3.08. The van der Waals surface area contributed by atoms with E-state index in [1.165, 1.54) is 23.5 Å². The molecule has 6 nitrogen and oxygen atoms in total. The maximum Gasteiger partial charge on any atom is 0.416 e. The monoisotopic (exact) mass is 438 g/mol. The summed E-state index contributed by atoms with van der Waals surface area (Å²) in [5.41, 5.74) is 5.87. The van der Waals surface area contributed by atoms with Gasteiger partial charge >= 0.3 is 12.1 Å². The molecule has 10 heteroatoms. The Morgan fingerprint density at radius 3 is 2.70 bits per heavy atom. The normalized spacial score (nSPS) is 13.3. The van der Waals surface area contributed by atoms with E-state index in [0.29, 0.717) is 5.00 Å². The van der Waals surface area contributed by atoms with Crippen LogP contribution < -0.4 is 11.1 Å². The maximum absolute atomic E-state index is 12.7. The Morgan fingerprint density at radius 2 is 2.00 bits per heavy atom. The van der Waals surface area contributed by atoms with Crippen molar-refractivity contribution in [2.24, 2.45) is 5.73 Å². The van der Waals surface area contributed by atoms with Crippen LogP contribution in [0.5, 0.6) is 0 Å². The van der Waals surface area contributed by atoms with Gasteiger partial charge in [-0.1, -0.05) is 12.1 Å². The van der Waals surface area contributed by atoms with Crippen LogP contribution in [0.15, 0.2) is 30.3 Å². The molecule has 1 aliphatic rings. The molecule has 0 aliphatic heterocycles. The van der Waals surface area contributed by atoms with Crippen LogP contribution in [0, 0.1) is 0 Å². The number of carbonyl (C=O) groups excluding carboxylic acids is 3. The molecule has 1 heterocycles. The predicted octanol–water partition coefficient (Wildman–Crippen LogP) is 3.55. The molecule has 2 amide bonds. The molecule has 0 saturated heterocycles. The van der Waals surface area contributed by atoms with Gasteiger partial charge in [-0.3, -0.25) is 9.59 Å². The molecule has 0 spiro atoms. The second-order valence-electron chi connectivity index (χ2n) is 6.54. The van der Waals surface area contributed by atoms with Crippen LogP contribution in [-0.4, -0.2) is 24.4 Å². The molecule has 0 fully saturated rings. The lowest BCUT2D eigenvalue weighted by Crippen LogP contribution is -2.22. The number of thiophene rings is 1. The van der Waals surface area contributed by atoms with Crippen molar-refractivity contribution >= 4 is 40.2 Å². The van der Waals surface area contributed by atoms with E-state index in [-0.39, 0.29) is 11.1 Å². The van der Waals surface area contributed by atoms with E-state index in [0.717, 1.165) is 54.0 Å². The van der Waals surface area contributed by atoms with Gasteiger partial charge in [0.2, 0.25) is 0 Å². The molecule has 3 N–H and O–H groups in total. The Hall–Kier alpha value is -3.14. The smallest absolute Gasteiger partial charge is 0.416 e. The minimum absolute atomic E-state index is 0.158. The highest BCUT2D eigenvalue weighted by Gasteiger charge is 2.30. The number of rotatable bonds is 6. The lowest BCUT2D eigenvalue weighted by atomic mass is 10.1. The van der Waals surface area contributed by atoms with Crippen molar-refractivity contribution < 1.29 is 32.3 Å². The van der Waals surface area contributed by atoms with Gasteiger partial charge in [0.15, 0.2) is 6.61 Å². The molecule has 30 heavy (non-hydrogen) atoms. The van der Waals surface area contributed by atoms with E-state index >= 15 is 0 Å². The zero-order valence-electron chi connectivity index (χ0n) is 15.5. The second-order valence-corrected chi connectivity index (χ2v) is 7.64. The van der Waals surface area contributed by atoms with E-state index in [4.69, 9.17) is 10.5 Å². The van der Waals surface area contributed by atoms with Crippen molar-refractivity contribution in [3.05, 3.63) is 57.5 Å². The molecule has 2 aromatic rings. The van der Waals surface area contributed by atoms with Gasteiger partial charge < -0.3 is 15.8 Å². The molecule has 3 rings (SSSR count). The van der Waals surface area contributed by atoms with Crippen molar-refractivity contribution in [1.82, 2.24) is 0 Å². The number of carbonyl (C=O) groups is 3. The molecular formula is C20H17F3N2O4S. The summed E-state index contributed by atoms with van der Waals surface area (Å²) >= 11 is 1.27. The zero-order valence-corrected chi connectivity index (χ0v) is 16.4. The number of aryl methyl sites for hydroxylation is 1.